The Hall–Kier alpha value is -2.09. The number of fused-ring (bicyclic) bond motifs is 1. The molecule has 212 valence electrons. The zero-order valence-corrected chi connectivity index (χ0v) is 22.6. The van der Waals surface area contributed by atoms with E-state index in [0.29, 0.717) is 12.8 Å². The van der Waals surface area contributed by atoms with Crippen LogP contribution in [0.3, 0.4) is 0 Å². The van der Waals surface area contributed by atoms with E-state index in [9.17, 15) is 17.6 Å². The molecular formula is C30H39F6NO. The minimum atomic E-state index is -3.73. The Balaban J connectivity index is 1.76. The highest BCUT2D eigenvalue weighted by molar-refractivity contribution is 5.62. The Bertz CT molecular complexity index is 1060. The van der Waals surface area contributed by atoms with Crippen molar-refractivity contribution in [3.05, 3.63) is 52.5 Å². The lowest BCUT2D eigenvalue weighted by Gasteiger charge is -2.33. The topological polar surface area (TPSA) is 22.1 Å². The summed E-state index contributed by atoms with van der Waals surface area (Å²) in [7, 11) is 0. The normalized spacial score (nSPS) is 18.3. The van der Waals surface area contributed by atoms with Gasteiger partial charge >= 0.3 is 5.92 Å². The van der Waals surface area contributed by atoms with Crippen LogP contribution in [-0.4, -0.2) is 23.9 Å². The molecule has 3 unspecified atom stereocenters. The summed E-state index contributed by atoms with van der Waals surface area (Å²) in [6.07, 6.45) is 3.81. The van der Waals surface area contributed by atoms with Crippen LogP contribution in [0.15, 0.2) is 18.2 Å². The van der Waals surface area contributed by atoms with Gasteiger partial charge in [-0.1, -0.05) is 71.8 Å². The highest BCUT2D eigenvalue weighted by Gasteiger charge is 2.49. The van der Waals surface area contributed by atoms with Crippen molar-refractivity contribution in [2.45, 2.75) is 110 Å². The van der Waals surface area contributed by atoms with Gasteiger partial charge in [-0.15, -0.1) is 0 Å². The minimum absolute atomic E-state index is 0.0204. The summed E-state index contributed by atoms with van der Waals surface area (Å²) in [5.41, 5.74) is -1.26. The molecule has 0 fully saturated rings. The maximum Gasteiger partial charge on any atom is 0.303 e. The maximum atomic E-state index is 15.2. The third kappa shape index (κ3) is 7.30. The number of hydrogen-bond donors (Lipinski definition) is 0. The molecule has 38 heavy (non-hydrogen) atoms. The first kappa shape index (κ1) is 30.5. The van der Waals surface area contributed by atoms with Crippen LogP contribution in [0.4, 0.5) is 26.3 Å². The fourth-order valence-electron chi connectivity index (χ4n) is 5.14. The average Bonchev–Trinajstić information content (AvgIpc) is 2.87. The number of pyridine rings is 1. The standard InChI is InChI=1S/C30H39F6NO/c1-4-6-8-9-11-22(31)18-38-25-15-13-20-17-24(37-29(34)26(20)30(25,35)36)23-14-12-21(27(32)28(23)33)16-19(3)10-7-5-2/h12,14,17,19,22,25H,4-11,13,15-16,18H2,1-3H3. The molecule has 1 aliphatic carbocycles. The fraction of sp³-hybridized carbons (Fsp3) is 0.633. The lowest BCUT2D eigenvalue weighted by Crippen LogP contribution is -2.40. The van der Waals surface area contributed by atoms with E-state index in [-0.39, 0.29) is 47.6 Å². The molecule has 0 amide bonds. The van der Waals surface area contributed by atoms with Crippen LogP contribution >= 0.6 is 0 Å². The zero-order valence-electron chi connectivity index (χ0n) is 22.6. The Kier molecular flexibility index (Phi) is 11.1. The highest BCUT2D eigenvalue weighted by atomic mass is 19.3. The first-order valence-electron chi connectivity index (χ1n) is 13.9. The second-order valence-corrected chi connectivity index (χ2v) is 10.6. The summed E-state index contributed by atoms with van der Waals surface area (Å²) in [6.45, 7) is 5.59. The molecule has 2 aromatic rings. The van der Waals surface area contributed by atoms with E-state index < -0.39 is 48.0 Å². The number of benzene rings is 1. The molecule has 3 rings (SSSR count). The van der Waals surface area contributed by atoms with Crippen LogP contribution in [0.5, 0.6) is 0 Å². The van der Waals surface area contributed by atoms with Crippen LogP contribution in [0, 0.1) is 23.5 Å². The summed E-state index contributed by atoms with van der Waals surface area (Å²) in [4.78, 5) is 3.59. The summed E-state index contributed by atoms with van der Waals surface area (Å²) < 4.78 is 94.6. The second-order valence-electron chi connectivity index (χ2n) is 10.6. The van der Waals surface area contributed by atoms with E-state index in [2.05, 4.69) is 11.9 Å². The van der Waals surface area contributed by atoms with Crippen molar-refractivity contribution in [2.75, 3.05) is 6.61 Å². The van der Waals surface area contributed by atoms with Crippen LogP contribution in [-0.2, 0) is 23.5 Å². The third-order valence-electron chi connectivity index (χ3n) is 7.38. The molecule has 0 saturated carbocycles. The lowest BCUT2D eigenvalue weighted by atomic mass is 9.86. The number of hydrogen-bond acceptors (Lipinski definition) is 2. The highest BCUT2D eigenvalue weighted by Crippen LogP contribution is 2.44. The van der Waals surface area contributed by atoms with Gasteiger partial charge in [0.15, 0.2) is 11.6 Å². The molecule has 0 spiro atoms. The van der Waals surface area contributed by atoms with Gasteiger partial charge in [-0.25, -0.2) is 18.2 Å². The molecule has 0 bridgehead atoms. The minimum Gasteiger partial charge on any atom is -0.369 e. The first-order chi connectivity index (χ1) is 18.1. The summed E-state index contributed by atoms with van der Waals surface area (Å²) in [6, 6.07) is 3.96. The van der Waals surface area contributed by atoms with Crippen LogP contribution in [0.1, 0.15) is 95.2 Å². The van der Waals surface area contributed by atoms with Gasteiger partial charge in [-0.2, -0.15) is 13.2 Å². The predicted octanol–water partition coefficient (Wildman–Crippen LogP) is 9.27. The van der Waals surface area contributed by atoms with Crippen molar-refractivity contribution in [1.29, 1.82) is 0 Å². The molecule has 2 nitrogen and oxygen atoms in total. The van der Waals surface area contributed by atoms with E-state index >= 15 is 8.78 Å². The molecule has 0 N–H and O–H groups in total. The number of rotatable bonds is 14. The molecular weight excluding hydrogens is 504 g/mol. The molecule has 1 heterocycles. The van der Waals surface area contributed by atoms with Gasteiger partial charge in [0.05, 0.1) is 17.9 Å². The molecule has 0 radical (unpaired) electrons. The van der Waals surface area contributed by atoms with Crippen molar-refractivity contribution in [1.82, 2.24) is 4.98 Å². The smallest absolute Gasteiger partial charge is 0.303 e. The van der Waals surface area contributed by atoms with E-state index in [1.165, 1.54) is 18.2 Å². The number of aromatic nitrogens is 1. The van der Waals surface area contributed by atoms with Gasteiger partial charge in [-0.05, 0) is 54.9 Å². The maximum absolute atomic E-state index is 15.2. The van der Waals surface area contributed by atoms with Gasteiger partial charge in [0.2, 0.25) is 5.95 Å². The van der Waals surface area contributed by atoms with Crippen molar-refractivity contribution < 1.29 is 31.1 Å². The second kappa shape index (κ2) is 13.8. The lowest BCUT2D eigenvalue weighted by molar-refractivity contribution is -0.160. The van der Waals surface area contributed by atoms with Gasteiger partial charge in [-0.3, -0.25) is 0 Å². The molecule has 1 aromatic heterocycles. The number of ether oxygens (including phenoxy) is 1. The quantitative estimate of drug-likeness (QED) is 0.135. The van der Waals surface area contributed by atoms with Gasteiger partial charge < -0.3 is 4.74 Å². The zero-order chi connectivity index (χ0) is 27.9. The van der Waals surface area contributed by atoms with E-state index in [4.69, 9.17) is 4.74 Å². The van der Waals surface area contributed by atoms with Gasteiger partial charge in [0.25, 0.3) is 0 Å². The average molecular weight is 544 g/mol. The van der Waals surface area contributed by atoms with E-state index in [1.807, 2.05) is 13.8 Å². The fourth-order valence-corrected chi connectivity index (χ4v) is 5.14. The summed E-state index contributed by atoms with van der Waals surface area (Å²) in [5.74, 6) is -7.22. The Morgan fingerprint density at radius 1 is 1.00 bits per heavy atom. The predicted molar refractivity (Wildman–Crippen MR) is 138 cm³/mol. The molecule has 0 aliphatic heterocycles. The van der Waals surface area contributed by atoms with Crippen molar-refractivity contribution >= 4 is 0 Å². The van der Waals surface area contributed by atoms with Gasteiger partial charge in [0, 0.05) is 5.56 Å². The van der Waals surface area contributed by atoms with Gasteiger partial charge in [0.1, 0.15) is 12.3 Å². The third-order valence-corrected chi connectivity index (χ3v) is 7.38. The Morgan fingerprint density at radius 3 is 2.45 bits per heavy atom. The molecule has 3 atom stereocenters. The van der Waals surface area contributed by atoms with Crippen molar-refractivity contribution in [3.63, 3.8) is 0 Å². The van der Waals surface area contributed by atoms with Crippen LogP contribution in [0.2, 0.25) is 0 Å². The number of aryl methyl sites for hydroxylation is 1. The van der Waals surface area contributed by atoms with Crippen LogP contribution < -0.4 is 0 Å². The largest absolute Gasteiger partial charge is 0.369 e. The number of unbranched alkanes of at least 4 members (excludes halogenated alkanes) is 4. The Morgan fingerprint density at radius 2 is 1.74 bits per heavy atom. The van der Waals surface area contributed by atoms with Crippen LogP contribution in [0.25, 0.3) is 11.3 Å². The molecule has 1 aromatic carbocycles. The first-order valence-corrected chi connectivity index (χ1v) is 13.9. The van der Waals surface area contributed by atoms with Crippen molar-refractivity contribution in [2.24, 2.45) is 5.92 Å². The Labute approximate surface area is 222 Å². The monoisotopic (exact) mass is 543 g/mol. The molecule has 8 heteroatoms. The van der Waals surface area contributed by atoms with E-state index in [1.54, 1.807) is 0 Å². The molecule has 0 saturated heterocycles. The number of nitrogens with zero attached hydrogens (tertiary/aromatic N) is 1. The van der Waals surface area contributed by atoms with Crippen molar-refractivity contribution in [3.8, 4) is 11.3 Å². The summed E-state index contributed by atoms with van der Waals surface area (Å²) >= 11 is 0. The van der Waals surface area contributed by atoms with E-state index in [0.717, 1.165) is 38.5 Å². The molecule has 1 aliphatic rings. The number of alkyl halides is 3. The summed E-state index contributed by atoms with van der Waals surface area (Å²) in [5, 5.41) is 0. The number of halogens is 6. The SMILES string of the molecule is CCCCCCC(F)COC1CCc2cc(-c3ccc(CC(C)CCCC)c(F)c3F)nc(F)c2C1(F)F.